The Labute approximate surface area is 137 Å². The molecular formula is C18H14FNO4. The highest BCUT2D eigenvalue weighted by molar-refractivity contribution is 5.71. The predicted molar refractivity (Wildman–Crippen MR) is 83.6 cm³/mol. The van der Waals surface area contributed by atoms with E-state index in [2.05, 4.69) is 5.16 Å². The van der Waals surface area contributed by atoms with Gasteiger partial charge in [-0.2, -0.15) is 0 Å². The van der Waals surface area contributed by atoms with Crippen molar-refractivity contribution in [2.45, 2.75) is 6.61 Å². The third-order valence-electron chi connectivity index (χ3n) is 3.17. The third kappa shape index (κ3) is 4.19. The number of ether oxygens (including phenoxy) is 2. The van der Waals surface area contributed by atoms with Crippen LogP contribution in [0.5, 0.6) is 5.75 Å². The van der Waals surface area contributed by atoms with Gasteiger partial charge in [-0.3, -0.25) is 0 Å². The fourth-order valence-electron chi connectivity index (χ4n) is 1.99. The van der Waals surface area contributed by atoms with Crippen LogP contribution in [0.1, 0.15) is 5.69 Å². The Morgan fingerprint density at radius 1 is 1.08 bits per heavy atom. The lowest BCUT2D eigenvalue weighted by Gasteiger charge is -2.05. The van der Waals surface area contributed by atoms with Crippen LogP contribution < -0.4 is 4.74 Å². The topological polar surface area (TPSA) is 61.6 Å². The first-order valence-electron chi connectivity index (χ1n) is 7.26. The zero-order chi connectivity index (χ0) is 16.8. The summed E-state index contributed by atoms with van der Waals surface area (Å²) < 4.78 is 28.2. The number of hydrogen-bond donors (Lipinski definition) is 0. The summed E-state index contributed by atoms with van der Waals surface area (Å²) in [6.07, 6.45) is 0. The maximum absolute atomic E-state index is 12.8. The number of carbonyl (C=O) groups is 1. The molecule has 2 aromatic carbocycles. The molecule has 0 radical (unpaired) electrons. The first-order chi connectivity index (χ1) is 11.7. The third-order valence-corrected chi connectivity index (χ3v) is 3.17. The Kier molecular flexibility index (Phi) is 4.86. The van der Waals surface area contributed by atoms with Gasteiger partial charge in [0.05, 0.1) is 0 Å². The number of nitrogens with zero attached hydrogens (tertiary/aromatic N) is 1. The van der Waals surface area contributed by atoms with Crippen LogP contribution in [0.15, 0.2) is 65.2 Å². The molecule has 24 heavy (non-hydrogen) atoms. The molecule has 0 saturated heterocycles. The summed E-state index contributed by atoms with van der Waals surface area (Å²) in [5.41, 5.74) is 1.39. The van der Waals surface area contributed by atoms with Crippen molar-refractivity contribution in [1.82, 2.24) is 5.16 Å². The van der Waals surface area contributed by atoms with Gasteiger partial charge in [0.2, 0.25) is 0 Å². The second-order valence-electron chi connectivity index (χ2n) is 4.95. The van der Waals surface area contributed by atoms with Gasteiger partial charge in [0, 0.05) is 11.6 Å². The van der Waals surface area contributed by atoms with Crippen molar-refractivity contribution in [3.8, 4) is 17.1 Å². The van der Waals surface area contributed by atoms with Gasteiger partial charge >= 0.3 is 5.97 Å². The molecule has 122 valence electrons. The molecule has 0 N–H and O–H groups in total. The van der Waals surface area contributed by atoms with Gasteiger partial charge in [0.15, 0.2) is 12.4 Å². The van der Waals surface area contributed by atoms with E-state index in [1.54, 1.807) is 6.07 Å². The Balaban J connectivity index is 1.48. The van der Waals surface area contributed by atoms with Crippen molar-refractivity contribution in [2.24, 2.45) is 0 Å². The van der Waals surface area contributed by atoms with Crippen LogP contribution in [0.25, 0.3) is 11.3 Å². The molecule has 3 aromatic rings. The zero-order valence-corrected chi connectivity index (χ0v) is 12.6. The predicted octanol–water partition coefficient (Wildman–Crippen LogP) is 3.60. The van der Waals surface area contributed by atoms with E-state index in [1.165, 1.54) is 24.3 Å². The molecule has 6 heteroatoms. The molecule has 1 heterocycles. The van der Waals surface area contributed by atoms with Gasteiger partial charge in [-0.15, -0.1) is 0 Å². The van der Waals surface area contributed by atoms with Gasteiger partial charge in [-0.25, -0.2) is 9.18 Å². The van der Waals surface area contributed by atoms with Gasteiger partial charge in [0.25, 0.3) is 0 Å². The van der Waals surface area contributed by atoms with Gasteiger partial charge in [0.1, 0.15) is 23.9 Å². The number of rotatable bonds is 6. The fraction of sp³-hybridized carbons (Fsp3) is 0.111. The van der Waals surface area contributed by atoms with Gasteiger partial charge in [-0.1, -0.05) is 35.5 Å². The fourth-order valence-corrected chi connectivity index (χ4v) is 1.99. The van der Waals surface area contributed by atoms with Crippen molar-refractivity contribution in [3.63, 3.8) is 0 Å². The summed E-state index contributed by atoms with van der Waals surface area (Å²) in [6.45, 7) is -0.281. The molecule has 0 aliphatic heterocycles. The summed E-state index contributed by atoms with van der Waals surface area (Å²) in [4.78, 5) is 11.7. The lowest BCUT2D eigenvalue weighted by Crippen LogP contribution is -2.14. The molecule has 0 spiro atoms. The highest BCUT2D eigenvalue weighted by Gasteiger charge is 2.10. The number of esters is 1. The minimum atomic E-state index is -0.552. The molecular weight excluding hydrogens is 313 g/mol. The van der Waals surface area contributed by atoms with Crippen LogP contribution in [0, 0.1) is 5.82 Å². The molecule has 0 amide bonds. The first kappa shape index (κ1) is 15.7. The van der Waals surface area contributed by atoms with E-state index in [4.69, 9.17) is 14.0 Å². The molecule has 0 bridgehead atoms. The lowest BCUT2D eigenvalue weighted by atomic mass is 10.2. The van der Waals surface area contributed by atoms with Crippen molar-refractivity contribution in [2.75, 3.05) is 6.61 Å². The first-order valence-corrected chi connectivity index (χ1v) is 7.26. The maximum atomic E-state index is 12.8. The number of carbonyl (C=O) groups excluding carboxylic acids is 1. The largest absolute Gasteiger partial charge is 0.482 e. The smallest absolute Gasteiger partial charge is 0.344 e. The van der Waals surface area contributed by atoms with E-state index in [9.17, 15) is 9.18 Å². The number of aromatic nitrogens is 1. The minimum Gasteiger partial charge on any atom is -0.482 e. The number of hydrogen-bond acceptors (Lipinski definition) is 5. The second kappa shape index (κ2) is 7.41. The summed E-state index contributed by atoms with van der Waals surface area (Å²) >= 11 is 0. The quantitative estimate of drug-likeness (QED) is 0.647. The van der Waals surface area contributed by atoms with Gasteiger partial charge in [-0.05, 0) is 24.3 Å². The summed E-state index contributed by atoms with van der Waals surface area (Å²) in [5.74, 6) is 0.0686. The normalized spacial score (nSPS) is 10.4. The van der Waals surface area contributed by atoms with Crippen LogP contribution in [0.2, 0.25) is 0 Å². The standard InChI is InChI=1S/C18H14FNO4/c19-14-6-8-16(9-7-14)22-12-18(21)23-11-15-10-17(24-20-15)13-4-2-1-3-5-13/h1-10H,11-12H2. The summed E-state index contributed by atoms with van der Waals surface area (Å²) in [7, 11) is 0. The van der Waals surface area contributed by atoms with Crippen LogP contribution in [0.4, 0.5) is 4.39 Å². The number of benzene rings is 2. The molecule has 0 unspecified atom stereocenters. The van der Waals surface area contributed by atoms with E-state index in [0.717, 1.165) is 5.56 Å². The highest BCUT2D eigenvalue weighted by Crippen LogP contribution is 2.20. The average molecular weight is 327 g/mol. The molecule has 0 fully saturated rings. The molecule has 0 aliphatic carbocycles. The molecule has 0 atom stereocenters. The molecule has 3 rings (SSSR count). The monoisotopic (exact) mass is 327 g/mol. The molecule has 1 aromatic heterocycles. The molecule has 0 aliphatic rings. The summed E-state index contributed by atoms with van der Waals surface area (Å²) in [5, 5.41) is 3.86. The Bertz CT molecular complexity index is 799. The Hall–Kier alpha value is -3.15. The maximum Gasteiger partial charge on any atom is 0.344 e. The zero-order valence-electron chi connectivity index (χ0n) is 12.6. The van der Waals surface area contributed by atoms with Crippen molar-refractivity contribution in [3.05, 3.63) is 72.2 Å². The van der Waals surface area contributed by atoms with Crippen molar-refractivity contribution < 1.29 is 23.2 Å². The number of halogens is 1. The Morgan fingerprint density at radius 3 is 2.58 bits per heavy atom. The van der Waals surface area contributed by atoms with Crippen LogP contribution in [-0.4, -0.2) is 17.7 Å². The average Bonchev–Trinajstić information content (AvgIpc) is 3.09. The van der Waals surface area contributed by atoms with Crippen molar-refractivity contribution >= 4 is 5.97 Å². The van der Waals surface area contributed by atoms with E-state index in [-0.39, 0.29) is 19.0 Å². The van der Waals surface area contributed by atoms with E-state index < -0.39 is 5.97 Å². The second-order valence-corrected chi connectivity index (χ2v) is 4.95. The lowest BCUT2D eigenvalue weighted by molar-refractivity contribution is -0.147. The van der Waals surface area contributed by atoms with E-state index in [0.29, 0.717) is 17.2 Å². The van der Waals surface area contributed by atoms with Crippen molar-refractivity contribution in [1.29, 1.82) is 0 Å². The SMILES string of the molecule is O=C(COc1ccc(F)cc1)OCc1cc(-c2ccccc2)on1. The van der Waals surface area contributed by atoms with E-state index >= 15 is 0 Å². The van der Waals surface area contributed by atoms with Crippen LogP contribution >= 0.6 is 0 Å². The van der Waals surface area contributed by atoms with Crippen LogP contribution in [0.3, 0.4) is 0 Å². The minimum absolute atomic E-state index is 0.0120. The van der Waals surface area contributed by atoms with Crippen LogP contribution in [-0.2, 0) is 16.1 Å². The molecule has 5 nitrogen and oxygen atoms in total. The summed E-state index contributed by atoms with van der Waals surface area (Å²) in [6, 6.07) is 16.6. The molecule has 0 saturated carbocycles. The van der Waals surface area contributed by atoms with E-state index in [1.807, 2.05) is 30.3 Å². The highest BCUT2D eigenvalue weighted by atomic mass is 19.1. The van der Waals surface area contributed by atoms with Gasteiger partial charge < -0.3 is 14.0 Å². The Morgan fingerprint density at radius 2 is 1.83 bits per heavy atom.